The van der Waals surface area contributed by atoms with Crippen LogP contribution in [0.1, 0.15) is 12.0 Å². The van der Waals surface area contributed by atoms with Crippen LogP contribution in [0.4, 0.5) is 16.3 Å². The molecule has 24 heavy (non-hydrogen) atoms. The van der Waals surface area contributed by atoms with Gasteiger partial charge in [-0.3, -0.25) is 15.2 Å². The molecule has 0 bridgehead atoms. The lowest BCUT2D eigenvalue weighted by atomic mass is 10.2. The van der Waals surface area contributed by atoms with E-state index in [1.807, 2.05) is 6.92 Å². The molecule has 1 unspecified atom stereocenters. The quantitative estimate of drug-likeness (QED) is 0.798. The summed E-state index contributed by atoms with van der Waals surface area (Å²) >= 11 is 0. The second kappa shape index (κ2) is 6.61. The lowest BCUT2D eigenvalue weighted by Crippen LogP contribution is -2.29. The molecule has 3 rings (SSSR count). The first kappa shape index (κ1) is 15.9. The second-order valence-electron chi connectivity index (χ2n) is 5.68. The van der Waals surface area contributed by atoms with Crippen LogP contribution in [0.3, 0.4) is 0 Å². The van der Waals surface area contributed by atoms with E-state index in [1.54, 1.807) is 42.4 Å². The van der Waals surface area contributed by atoms with Gasteiger partial charge in [0.2, 0.25) is 0 Å². The van der Waals surface area contributed by atoms with Crippen LogP contribution < -0.4 is 15.4 Å². The van der Waals surface area contributed by atoms with Crippen molar-refractivity contribution >= 4 is 23.4 Å². The molecule has 126 valence electrons. The fourth-order valence-corrected chi connectivity index (χ4v) is 2.52. The Kier molecular flexibility index (Phi) is 4.37. The number of H-pyrrole nitrogens is 1. The molecule has 1 aromatic heterocycles. The van der Waals surface area contributed by atoms with E-state index in [0.29, 0.717) is 30.2 Å². The summed E-state index contributed by atoms with van der Waals surface area (Å²) in [4.78, 5) is 25.5. The molecule has 3 N–H and O–H groups in total. The normalized spacial score (nSPS) is 17.0. The number of anilines is 2. The molecule has 1 aromatic carbocycles. The number of aryl methyl sites for hydroxylation is 1. The minimum absolute atomic E-state index is 0.00575. The molecule has 0 radical (unpaired) electrons. The fourth-order valence-electron chi connectivity index (χ4n) is 2.52. The Labute approximate surface area is 139 Å². The molecule has 8 nitrogen and oxygen atoms in total. The van der Waals surface area contributed by atoms with Crippen molar-refractivity contribution in [1.82, 2.24) is 15.1 Å². The van der Waals surface area contributed by atoms with Gasteiger partial charge in [-0.15, -0.1) is 0 Å². The summed E-state index contributed by atoms with van der Waals surface area (Å²) < 4.78 is 5.75. The number of nitrogens with one attached hydrogen (secondary N) is 3. The number of amides is 3. The number of hydrogen-bond donors (Lipinski definition) is 3. The lowest BCUT2D eigenvalue weighted by Gasteiger charge is -2.15. The molecule has 0 spiro atoms. The Bertz CT molecular complexity index is 744. The summed E-state index contributed by atoms with van der Waals surface area (Å²) in [5.74, 6) is 1.11. The Morgan fingerprint density at radius 2 is 2.21 bits per heavy atom. The van der Waals surface area contributed by atoms with Gasteiger partial charge in [-0.05, 0) is 30.7 Å². The molecule has 1 aliphatic rings. The van der Waals surface area contributed by atoms with E-state index >= 15 is 0 Å². The van der Waals surface area contributed by atoms with Crippen molar-refractivity contribution in [2.24, 2.45) is 0 Å². The van der Waals surface area contributed by atoms with Crippen LogP contribution in [0.25, 0.3) is 0 Å². The van der Waals surface area contributed by atoms with Crippen LogP contribution in [0.2, 0.25) is 0 Å². The molecular formula is C16H19N5O3. The first-order valence-corrected chi connectivity index (χ1v) is 7.62. The Balaban J connectivity index is 1.62. The maximum Gasteiger partial charge on any atom is 0.324 e. The van der Waals surface area contributed by atoms with E-state index in [4.69, 9.17) is 4.74 Å². The predicted octanol–water partition coefficient (Wildman–Crippen LogP) is 1.97. The van der Waals surface area contributed by atoms with Crippen molar-refractivity contribution in [3.63, 3.8) is 0 Å². The van der Waals surface area contributed by atoms with Gasteiger partial charge in [0.1, 0.15) is 11.6 Å². The van der Waals surface area contributed by atoms with Gasteiger partial charge in [0.25, 0.3) is 5.91 Å². The number of ether oxygens (including phenoxy) is 1. The summed E-state index contributed by atoms with van der Waals surface area (Å²) in [6.45, 7) is 2.57. The minimum atomic E-state index is -0.433. The lowest BCUT2D eigenvalue weighted by molar-refractivity contribution is -0.132. The van der Waals surface area contributed by atoms with Gasteiger partial charge >= 0.3 is 6.03 Å². The molecule has 2 heterocycles. The van der Waals surface area contributed by atoms with E-state index in [9.17, 15) is 9.59 Å². The zero-order chi connectivity index (χ0) is 17.1. The molecule has 2 aromatic rings. The van der Waals surface area contributed by atoms with Gasteiger partial charge in [0.15, 0.2) is 6.10 Å². The van der Waals surface area contributed by atoms with E-state index in [2.05, 4.69) is 20.8 Å². The Morgan fingerprint density at radius 1 is 1.38 bits per heavy atom. The maximum absolute atomic E-state index is 11.9. The van der Waals surface area contributed by atoms with Gasteiger partial charge in [-0.1, -0.05) is 0 Å². The Morgan fingerprint density at radius 3 is 2.83 bits per heavy atom. The van der Waals surface area contributed by atoms with Crippen molar-refractivity contribution in [3.8, 4) is 5.75 Å². The largest absolute Gasteiger partial charge is 0.481 e. The molecule has 3 amide bonds. The van der Waals surface area contributed by atoms with Crippen LogP contribution in [-0.4, -0.2) is 46.7 Å². The van der Waals surface area contributed by atoms with Crippen molar-refractivity contribution in [2.75, 3.05) is 24.2 Å². The smallest absolute Gasteiger partial charge is 0.324 e. The molecule has 8 heteroatoms. The third-order valence-corrected chi connectivity index (χ3v) is 3.85. The molecule has 0 aliphatic carbocycles. The molecule has 1 saturated heterocycles. The number of carbonyl (C=O) groups is 2. The number of carbonyl (C=O) groups excluding carboxylic acids is 2. The number of likely N-dealkylation sites (N-methyl/N-ethyl adjacent to an activating group) is 1. The number of aromatic amines is 1. The third kappa shape index (κ3) is 3.48. The SMILES string of the molecule is Cc1cc(OC2CCN(C)C2=O)ccc1NC(=O)Nc1ccn[nH]1. The number of rotatable bonds is 4. The second-order valence-corrected chi connectivity index (χ2v) is 5.68. The molecule has 1 atom stereocenters. The highest BCUT2D eigenvalue weighted by Crippen LogP contribution is 2.24. The van der Waals surface area contributed by atoms with Gasteiger partial charge in [-0.25, -0.2) is 4.79 Å². The average molecular weight is 329 g/mol. The van der Waals surface area contributed by atoms with Crippen molar-refractivity contribution in [3.05, 3.63) is 36.0 Å². The zero-order valence-electron chi connectivity index (χ0n) is 13.5. The summed E-state index contributed by atoms with van der Waals surface area (Å²) in [6.07, 6.45) is 1.80. The van der Waals surface area contributed by atoms with Crippen LogP contribution in [0.5, 0.6) is 5.75 Å². The topological polar surface area (TPSA) is 99.3 Å². The molecule has 1 aliphatic heterocycles. The van der Waals surface area contributed by atoms with Crippen LogP contribution in [0, 0.1) is 6.92 Å². The highest BCUT2D eigenvalue weighted by atomic mass is 16.5. The maximum atomic E-state index is 11.9. The van der Waals surface area contributed by atoms with E-state index in [1.165, 1.54) is 0 Å². The average Bonchev–Trinajstić information content (AvgIpc) is 3.15. The van der Waals surface area contributed by atoms with Crippen molar-refractivity contribution < 1.29 is 14.3 Å². The monoisotopic (exact) mass is 329 g/mol. The number of benzene rings is 1. The van der Waals surface area contributed by atoms with E-state index in [-0.39, 0.29) is 11.9 Å². The highest BCUT2D eigenvalue weighted by Gasteiger charge is 2.30. The molecular weight excluding hydrogens is 310 g/mol. The number of likely N-dealkylation sites (tertiary alicyclic amines) is 1. The summed E-state index contributed by atoms with van der Waals surface area (Å²) in [7, 11) is 1.77. The van der Waals surface area contributed by atoms with Gasteiger partial charge in [-0.2, -0.15) is 5.10 Å². The van der Waals surface area contributed by atoms with Gasteiger partial charge in [0.05, 0.1) is 6.20 Å². The van der Waals surface area contributed by atoms with E-state index < -0.39 is 6.10 Å². The number of nitrogens with zero attached hydrogens (tertiary/aromatic N) is 2. The standard InChI is InChI=1S/C16H19N5O3/c1-10-9-11(24-13-6-8-21(2)15(13)22)3-4-12(10)18-16(23)19-14-5-7-17-20-14/h3-5,7,9,13H,6,8H2,1-2H3,(H3,17,18,19,20,23). The third-order valence-electron chi connectivity index (χ3n) is 3.85. The van der Waals surface area contributed by atoms with Crippen LogP contribution >= 0.6 is 0 Å². The number of aromatic nitrogens is 2. The van der Waals surface area contributed by atoms with Gasteiger partial charge in [0, 0.05) is 31.8 Å². The molecule has 1 fully saturated rings. The minimum Gasteiger partial charge on any atom is -0.481 e. The highest BCUT2D eigenvalue weighted by molar-refractivity contribution is 5.99. The Hall–Kier alpha value is -3.03. The number of hydrogen-bond acceptors (Lipinski definition) is 4. The van der Waals surface area contributed by atoms with Crippen LogP contribution in [-0.2, 0) is 4.79 Å². The summed E-state index contributed by atoms with van der Waals surface area (Å²) in [5, 5.41) is 11.8. The van der Waals surface area contributed by atoms with Crippen molar-refractivity contribution in [2.45, 2.75) is 19.4 Å². The summed E-state index contributed by atoms with van der Waals surface area (Å²) in [5.41, 5.74) is 1.50. The fraction of sp³-hybridized carbons (Fsp3) is 0.312. The van der Waals surface area contributed by atoms with Crippen molar-refractivity contribution in [1.29, 1.82) is 0 Å². The van der Waals surface area contributed by atoms with E-state index in [0.717, 1.165) is 5.56 Å². The molecule has 0 saturated carbocycles. The first-order valence-electron chi connectivity index (χ1n) is 7.62. The zero-order valence-corrected chi connectivity index (χ0v) is 13.5. The predicted molar refractivity (Wildman–Crippen MR) is 89.1 cm³/mol. The first-order chi connectivity index (χ1) is 11.5. The number of urea groups is 1. The van der Waals surface area contributed by atoms with Crippen LogP contribution in [0.15, 0.2) is 30.5 Å². The summed E-state index contributed by atoms with van der Waals surface area (Å²) in [6, 6.07) is 6.57. The van der Waals surface area contributed by atoms with Gasteiger partial charge < -0.3 is 15.0 Å².